The van der Waals surface area contributed by atoms with Gasteiger partial charge in [0.25, 0.3) is 0 Å². The summed E-state index contributed by atoms with van der Waals surface area (Å²) >= 11 is 0. The minimum Gasteiger partial charge on any atom is -0.309 e. The van der Waals surface area contributed by atoms with E-state index < -0.39 is 0 Å². The number of hydrogen-bond acceptors (Lipinski definition) is 1. The van der Waals surface area contributed by atoms with Gasteiger partial charge in [-0.1, -0.05) is 127 Å². The lowest BCUT2D eigenvalue weighted by Crippen LogP contribution is -1.93. The highest BCUT2D eigenvalue weighted by Crippen LogP contribution is 2.37. The van der Waals surface area contributed by atoms with Crippen LogP contribution in [-0.4, -0.2) is 14.0 Å². The van der Waals surface area contributed by atoms with E-state index in [1.807, 2.05) is 6.07 Å². The molecule has 0 unspecified atom stereocenters. The summed E-state index contributed by atoms with van der Waals surface area (Å²) in [5.74, 6) is 0. The zero-order chi connectivity index (χ0) is 30.5. The van der Waals surface area contributed by atoms with Crippen molar-refractivity contribution in [2.45, 2.75) is 0 Å². The van der Waals surface area contributed by atoms with Gasteiger partial charge in [0.1, 0.15) is 5.65 Å². The number of hydrogen-bond donors (Lipinski definition) is 0. The standard InChI is InChI=1S/C43H29N3/c1-3-12-32(13-4-1)43-42(44-41-20-9-10-27-45(41)43)35-15-11-14-33(28-35)30-21-23-31(24-22-30)34-25-26-38-37-18-7-8-19-39(37)46(40(38)29-34)36-16-5-2-6-17-36/h1-29H. The Hall–Kier alpha value is -6.19. The summed E-state index contributed by atoms with van der Waals surface area (Å²) in [5.41, 5.74) is 13.6. The predicted molar refractivity (Wildman–Crippen MR) is 191 cm³/mol. The van der Waals surface area contributed by atoms with E-state index in [-0.39, 0.29) is 0 Å². The van der Waals surface area contributed by atoms with E-state index in [0.29, 0.717) is 0 Å². The third kappa shape index (κ3) is 4.33. The van der Waals surface area contributed by atoms with E-state index in [9.17, 15) is 0 Å². The Morgan fingerprint density at radius 1 is 0.391 bits per heavy atom. The van der Waals surface area contributed by atoms with Crippen molar-refractivity contribution in [3.05, 3.63) is 176 Å². The maximum atomic E-state index is 5.08. The lowest BCUT2D eigenvalue weighted by Gasteiger charge is -2.10. The maximum Gasteiger partial charge on any atom is 0.137 e. The van der Waals surface area contributed by atoms with Crippen LogP contribution in [0.5, 0.6) is 0 Å². The third-order valence-corrected chi connectivity index (χ3v) is 8.95. The fraction of sp³-hybridized carbons (Fsp3) is 0. The summed E-state index contributed by atoms with van der Waals surface area (Å²) in [6.45, 7) is 0. The fourth-order valence-corrected chi connectivity index (χ4v) is 6.78. The highest BCUT2D eigenvalue weighted by Gasteiger charge is 2.17. The quantitative estimate of drug-likeness (QED) is 0.196. The molecule has 0 fully saturated rings. The van der Waals surface area contributed by atoms with E-state index in [0.717, 1.165) is 28.2 Å². The molecule has 3 nitrogen and oxygen atoms in total. The van der Waals surface area contributed by atoms with Crippen molar-refractivity contribution < 1.29 is 0 Å². The average molecular weight is 588 g/mol. The topological polar surface area (TPSA) is 22.2 Å². The molecule has 0 N–H and O–H groups in total. The molecule has 3 heterocycles. The molecule has 0 aliphatic carbocycles. The number of para-hydroxylation sites is 2. The van der Waals surface area contributed by atoms with E-state index in [2.05, 4.69) is 179 Å². The van der Waals surface area contributed by atoms with E-state index >= 15 is 0 Å². The van der Waals surface area contributed by atoms with Gasteiger partial charge in [0, 0.05) is 33.8 Å². The largest absolute Gasteiger partial charge is 0.309 e. The first kappa shape index (κ1) is 26.2. The van der Waals surface area contributed by atoms with Crippen LogP contribution in [0.4, 0.5) is 0 Å². The number of benzene rings is 6. The Balaban J connectivity index is 1.11. The van der Waals surface area contributed by atoms with Gasteiger partial charge in [-0.3, -0.25) is 4.40 Å². The molecule has 216 valence electrons. The minimum atomic E-state index is 0.939. The monoisotopic (exact) mass is 587 g/mol. The number of fused-ring (bicyclic) bond motifs is 4. The number of rotatable bonds is 5. The second-order valence-electron chi connectivity index (χ2n) is 11.7. The predicted octanol–water partition coefficient (Wildman–Crippen LogP) is 11.1. The summed E-state index contributed by atoms with van der Waals surface area (Å²) in [5, 5.41) is 2.53. The van der Waals surface area contributed by atoms with Crippen LogP contribution in [0.2, 0.25) is 0 Å². The van der Waals surface area contributed by atoms with Gasteiger partial charge in [-0.05, 0) is 64.7 Å². The number of pyridine rings is 1. The molecule has 9 rings (SSSR count). The van der Waals surface area contributed by atoms with E-state index in [1.165, 1.54) is 49.7 Å². The summed E-state index contributed by atoms with van der Waals surface area (Å²) < 4.78 is 4.55. The second kappa shape index (κ2) is 10.8. The highest BCUT2D eigenvalue weighted by molar-refractivity contribution is 6.10. The van der Waals surface area contributed by atoms with Crippen molar-refractivity contribution in [2.75, 3.05) is 0 Å². The highest BCUT2D eigenvalue weighted by atomic mass is 15.0. The van der Waals surface area contributed by atoms with Crippen molar-refractivity contribution in [3.8, 4) is 50.5 Å². The third-order valence-electron chi connectivity index (χ3n) is 8.95. The zero-order valence-electron chi connectivity index (χ0n) is 25.1. The number of aromatic nitrogens is 3. The molecular formula is C43H29N3. The van der Waals surface area contributed by atoms with Gasteiger partial charge in [0.05, 0.1) is 22.4 Å². The van der Waals surface area contributed by atoms with Crippen molar-refractivity contribution in [1.29, 1.82) is 0 Å². The Morgan fingerprint density at radius 3 is 1.80 bits per heavy atom. The number of nitrogens with zero attached hydrogens (tertiary/aromatic N) is 3. The molecule has 6 aromatic carbocycles. The summed E-state index contributed by atoms with van der Waals surface area (Å²) in [6.07, 6.45) is 2.09. The maximum absolute atomic E-state index is 5.08. The second-order valence-corrected chi connectivity index (χ2v) is 11.7. The van der Waals surface area contributed by atoms with Crippen LogP contribution in [0.25, 0.3) is 77.9 Å². The summed E-state index contributed by atoms with van der Waals surface area (Å²) in [4.78, 5) is 5.08. The number of imidazole rings is 1. The van der Waals surface area contributed by atoms with Gasteiger partial charge in [-0.15, -0.1) is 0 Å². The molecule has 0 amide bonds. The molecule has 0 radical (unpaired) electrons. The molecule has 3 aromatic heterocycles. The molecule has 9 aromatic rings. The lowest BCUT2D eigenvalue weighted by atomic mass is 9.97. The van der Waals surface area contributed by atoms with Gasteiger partial charge in [0.2, 0.25) is 0 Å². The van der Waals surface area contributed by atoms with Crippen LogP contribution in [0.1, 0.15) is 0 Å². The normalized spacial score (nSPS) is 11.5. The molecular weight excluding hydrogens is 558 g/mol. The molecule has 46 heavy (non-hydrogen) atoms. The van der Waals surface area contributed by atoms with Crippen molar-refractivity contribution in [1.82, 2.24) is 14.0 Å². The Bertz CT molecular complexity index is 2500. The average Bonchev–Trinajstić information content (AvgIpc) is 3.69. The zero-order valence-corrected chi connectivity index (χ0v) is 25.1. The molecule has 0 atom stereocenters. The van der Waals surface area contributed by atoms with Crippen LogP contribution in [0.15, 0.2) is 176 Å². The molecule has 0 aliphatic heterocycles. The molecule has 3 heteroatoms. The van der Waals surface area contributed by atoms with Gasteiger partial charge in [0.15, 0.2) is 0 Å². The van der Waals surface area contributed by atoms with Gasteiger partial charge in [-0.2, -0.15) is 0 Å². The smallest absolute Gasteiger partial charge is 0.137 e. The Morgan fingerprint density at radius 2 is 1.00 bits per heavy atom. The first-order valence-electron chi connectivity index (χ1n) is 15.6. The van der Waals surface area contributed by atoms with Crippen molar-refractivity contribution >= 4 is 27.5 Å². The summed E-state index contributed by atoms with van der Waals surface area (Å²) in [7, 11) is 0. The first-order chi connectivity index (χ1) is 22.8. The van der Waals surface area contributed by atoms with Gasteiger partial charge < -0.3 is 4.57 Å². The minimum absolute atomic E-state index is 0.939. The van der Waals surface area contributed by atoms with Crippen molar-refractivity contribution in [3.63, 3.8) is 0 Å². The SMILES string of the molecule is c1ccc(-c2c(-c3cccc(-c4ccc(-c5ccc6c7ccccc7n(-c7ccccc7)c6c5)cc4)c3)nc3ccccn23)cc1. The van der Waals surface area contributed by atoms with Crippen LogP contribution in [0.3, 0.4) is 0 Å². The van der Waals surface area contributed by atoms with Crippen LogP contribution in [0, 0.1) is 0 Å². The van der Waals surface area contributed by atoms with Crippen LogP contribution < -0.4 is 0 Å². The molecule has 0 saturated heterocycles. The Kier molecular flexibility index (Phi) is 6.14. The molecule has 0 aliphatic rings. The van der Waals surface area contributed by atoms with Crippen molar-refractivity contribution in [2.24, 2.45) is 0 Å². The molecule has 0 bridgehead atoms. The summed E-state index contributed by atoms with van der Waals surface area (Å²) in [6, 6.07) is 60.5. The Labute approximate surface area is 267 Å². The van der Waals surface area contributed by atoms with Crippen LogP contribution >= 0.6 is 0 Å². The van der Waals surface area contributed by atoms with E-state index in [1.54, 1.807) is 0 Å². The molecule has 0 saturated carbocycles. The van der Waals surface area contributed by atoms with Gasteiger partial charge >= 0.3 is 0 Å². The molecule has 0 spiro atoms. The van der Waals surface area contributed by atoms with Crippen LogP contribution in [-0.2, 0) is 0 Å². The van der Waals surface area contributed by atoms with E-state index in [4.69, 9.17) is 4.98 Å². The van der Waals surface area contributed by atoms with Gasteiger partial charge in [-0.25, -0.2) is 4.98 Å². The first-order valence-corrected chi connectivity index (χ1v) is 15.6. The fourth-order valence-electron chi connectivity index (χ4n) is 6.78. The lowest BCUT2D eigenvalue weighted by molar-refractivity contribution is 1.18.